The number of carboxylic acids is 1. The Balaban J connectivity index is 1.98. The van der Waals surface area contributed by atoms with E-state index in [0.717, 1.165) is 18.6 Å². The highest BCUT2D eigenvalue weighted by molar-refractivity contribution is 5.92. The molecule has 7 heteroatoms. The molecule has 1 heterocycles. The van der Waals surface area contributed by atoms with Crippen molar-refractivity contribution in [1.29, 1.82) is 0 Å². The molecule has 0 aliphatic carbocycles. The van der Waals surface area contributed by atoms with E-state index in [0.29, 0.717) is 23.0 Å². The van der Waals surface area contributed by atoms with Crippen molar-refractivity contribution in [1.82, 2.24) is 9.97 Å². The lowest BCUT2D eigenvalue weighted by molar-refractivity contribution is -0.115. The molecule has 0 saturated carbocycles. The number of hydrogen-bond donors (Lipinski definition) is 2. The normalized spacial score (nSPS) is 10.7. The van der Waals surface area contributed by atoms with Crippen LogP contribution in [-0.2, 0) is 17.6 Å². The minimum Gasteiger partial charge on any atom is -0.478 e. The number of halogens is 1. The summed E-state index contributed by atoms with van der Waals surface area (Å²) < 4.78 is 13.6. The number of carboxylic acid groups (broad SMARTS) is 1. The molecule has 0 aliphatic heterocycles. The molecule has 2 rings (SSSR count). The van der Waals surface area contributed by atoms with E-state index in [2.05, 4.69) is 29.1 Å². The summed E-state index contributed by atoms with van der Waals surface area (Å²) in [6, 6.07) is 3.60. The van der Waals surface area contributed by atoms with Gasteiger partial charge in [-0.05, 0) is 23.6 Å². The van der Waals surface area contributed by atoms with Crippen molar-refractivity contribution in [3.63, 3.8) is 0 Å². The van der Waals surface area contributed by atoms with E-state index in [1.165, 1.54) is 18.5 Å². The van der Waals surface area contributed by atoms with Crippen LogP contribution in [0.3, 0.4) is 0 Å². The highest BCUT2D eigenvalue weighted by Gasteiger charge is 2.12. The van der Waals surface area contributed by atoms with Gasteiger partial charge in [0.15, 0.2) is 0 Å². The van der Waals surface area contributed by atoms with Gasteiger partial charge in [0.2, 0.25) is 5.91 Å². The molecule has 1 aromatic heterocycles. The largest absolute Gasteiger partial charge is 0.478 e. The summed E-state index contributed by atoms with van der Waals surface area (Å²) >= 11 is 0. The zero-order chi connectivity index (χ0) is 17.7. The lowest BCUT2D eigenvalue weighted by Crippen LogP contribution is -2.15. The Hall–Kier alpha value is -2.83. The summed E-state index contributed by atoms with van der Waals surface area (Å²) in [4.78, 5) is 31.1. The van der Waals surface area contributed by atoms with Gasteiger partial charge in [-0.1, -0.05) is 19.9 Å². The van der Waals surface area contributed by atoms with E-state index >= 15 is 0 Å². The number of hydrogen-bond acceptors (Lipinski definition) is 4. The number of rotatable bonds is 6. The van der Waals surface area contributed by atoms with Gasteiger partial charge >= 0.3 is 5.97 Å². The van der Waals surface area contributed by atoms with Gasteiger partial charge in [-0.2, -0.15) is 0 Å². The number of aromatic carboxylic acids is 1. The molecule has 24 heavy (non-hydrogen) atoms. The lowest BCUT2D eigenvalue weighted by Gasteiger charge is -2.07. The van der Waals surface area contributed by atoms with Crippen LogP contribution < -0.4 is 5.32 Å². The molecule has 1 amide bonds. The van der Waals surface area contributed by atoms with Crippen molar-refractivity contribution >= 4 is 17.6 Å². The number of amides is 1. The molecule has 126 valence electrons. The minimum absolute atomic E-state index is 0.0788. The lowest BCUT2D eigenvalue weighted by atomic mass is 10.1. The molecule has 0 atom stereocenters. The zero-order valence-corrected chi connectivity index (χ0v) is 13.4. The Bertz CT molecular complexity index is 745. The van der Waals surface area contributed by atoms with Gasteiger partial charge in [0.05, 0.1) is 30.1 Å². The first-order valence-electron chi connectivity index (χ1n) is 7.47. The third kappa shape index (κ3) is 4.84. The van der Waals surface area contributed by atoms with Crippen LogP contribution in [0.1, 0.15) is 35.6 Å². The fourth-order valence-corrected chi connectivity index (χ4v) is 2.12. The number of nitrogens with one attached hydrogen (secondary N) is 1. The van der Waals surface area contributed by atoms with Crippen LogP contribution in [0, 0.1) is 11.7 Å². The molecule has 6 nitrogen and oxygen atoms in total. The van der Waals surface area contributed by atoms with Gasteiger partial charge in [-0.25, -0.2) is 19.2 Å². The average Bonchev–Trinajstić information content (AvgIpc) is 2.48. The molecule has 0 fully saturated rings. The van der Waals surface area contributed by atoms with Crippen LogP contribution in [0.5, 0.6) is 0 Å². The van der Waals surface area contributed by atoms with E-state index < -0.39 is 17.3 Å². The second-order valence-corrected chi connectivity index (χ2v) is 5.83. The molecule has 1 aromatic carbocycles. The van der Waals surface area contributed by atoms with Crippen molar-refractivity contribution in [3.05, 3.63) is 53.4 Å². The number of aromatic nitrogens is 2. The highest BCUT2D eigenvalue weighted by Crippen LogP contribution is 2.12. The summed E-state index contributed by atoms with van der Waals surface area (Å²) in [5.74, 6) is -1.43. The first-order chi connectivity index (χ1) is 11.3. The molecular weight excluding hydrogens is 313 g/mol. The fraction of sp³-hybridized carbons (Fsp3) is 0.294. The molecule has 0 saturated heterocycles. The Morgan fingerprint density at radius 2 is 1.92 bits per heavy atom. The molecule has 2 N–H and O–H groups in total. The smallest absolute Gasteiger partial charge is 0.338 e. The van der Waals surface area contributed by atoms with E-state index in [9.17, 15) is 14.0 Å². The summed E-state index contributed by atoms with van der Waals surface area (Å²) in [7, 11) is 0. The van der Waals surface area contributed by atoms with E-state index in [1.807, 2.05) is 0 Å². The minimum atomic E-state index is -1.35. The molecule has 0 aliphatic rings. The van der Waals surface area contributed by atoms with Gasteiger partial charge in [0.1, 0.15) is 11.6 Å². The monoisotopic (exact) mass is 331 g/mol. The summed E-state index contributed by atoms with van der Waals surface area (Å²) in [6.07, 6.45) is 3.72. The number of benzene rings is 1. The van der Waals surface area contributed by atoms with E-state index in [4.69, 9.17) is 5.11 Å². The number of carbonyl (C=O) groups is 2. The van der Waals surface area contributed by atoms with Crippen molar-refractivity contribution in [2.24, 2.45) is 5.92 Å². The highest BCUT2D eigenvalue weighted by atomic mass is 19.1. The van der Waals surface area contributed by atoms with Gasteiger partial charge < -0.3 is 10.4 Å². The molecule has 0 unspecified atom stereocenters. The molecular formula is C17H18FN3O3. The standard InChI is InChI=1S/C17H18FN3O3/c1-10(2)5-15-19-8-12(9-20-15)21-16(22)7-11-3-4-13(17(23)24)14(18)6-11/h3-4,6,8-10H,5,7H2,1-2H3,(H,21,22)(H,23,24). The van der Waals surface area contributed by atoms with Gasteiger partial charge in [-0.3, -0.25) is 4.79 Å². The van der Waals surface area contributed by atoms with Crippen LogP contribution in [0.25, 0.3) is 0 Å². The van der Waals surface area contributed by atoms with Crippen LogP contribution in [0.4, 0.5) is 10.1 Å². The Morgan fingerprint density at radius 3 is 2.46 bits per heavy atom. The predicted molar refractivity (Wildman–Crippen MR) is 86.3 cm³/mol. The molecule has 0 bridgehead atoms. The third-order valence-electron chi connectivity index (χ3n) is 3.21. The average molecular weight is 331 g/mol. The van der Waals surface area contributed by atoms with Crippen molar-refractivity contribution < 1.29 is 19.1 Å². The van der Waals surface area contributed by atoms with Crippen LogP contribution in [0.15, 0.2) is 30.6 Å². The molecule has 0 radical (unpaired) electrons. The van der Waals surface area contributed by atoms with Gasteiger partial charge in [0, 0.05) is 6.42 Å². The first kappa shape index (κ1) is 17.5. The summed E-state index contributed by atoms with van der Waals surface area (Å²) in [5, 5.41) is 11.4. The van der Waals surface area contributed by atoms with Crippen LogP contribution in [-0.4, -0.2) is 27.0 Å². The van der Waals surface area contributed by atoms with E-state index in [-0.39, 0.29) is 12.3 Å². The second kappa shape index (κ2) is 7.63. The maximum absolute atomic E-state index is 13.6. The quantitative estimate of drug-likeness (QED) is 0.849. The van der Waals surface area contributed by atoms with E-state index in [1.54, 1.807) is 0 Å². The van der Waals surface area contributed by atoms with Crippen LogP contribution in [0.2, 0.25) is 0 Å². The maximum atomic E-state index is 13.6. The molecule has 0 spiro atoms. The topological polar surface area (TPSA) is 92.2 Å². The number of carbonyl (C=O) groups excluding carboxylic acids is 1. The van der Waals surface area contributed by atoms with Gasteiger partial charge in [0.25, 0.3) is 0 Å². The van der Waals surface area contributed by atoms with Crippen LogP contribution >= 0.6 is 0 Å². The summed E-state index contributed by atoms with van der Waals surface area (Å²) in [5.41, 5.74) is 0.413. The Kier molecular flexibility index (Phi) is 5.57. The Morgan fingerprint density at radius 1 is 1.25 bits per heavy atom. The zero-order valence-electron chi connectivity index (χ0n) is 13.4. The number of nitrogens with zero attached hydrogens (tertiary/aromatic N) is 2. The summed E-state index contributed by atoms with van der Waals surface area (Å²) in [6.45, 7) is 4.13. The third-order valence-corrected chi connectivity index (χ3v) is 3.21. The first-order valence-corrected chi connectivity index (χ1v) is 7.47. The van der Waals surface area contributed by atoms with Crippen molar-refractivity contribution in [3.8, 4) is 0 Å². The maximum Gasteiger partial charge on any atom is 0.338 e. The fourth-order valence-electron chi connectivity index (χ4n) is 2.12. The van der Waals surface area contributed by atoms with Crippen molar-refractivity contribution in [2.75, 3.05) is 5.32 Å². The predicted octanol–water partition coefficient (Wildman–Crippen LogP) is 2.69. The SMILES string of the molecule is CC(C)Cc1ncc(NC(=O)Cc2ccc(C(=O)O)c(F)c2)cn1. The van der Waals surface area contributed by atoms with Gasteiger partial charge in [-0.15, -0.1) is 0 Å². The Labute approximate surface area is 138 Å². The second-order valence-electron chi connectivity index (χ2n) is 5.83. The molecule has 2 aromatic rings. The van der Waals surface area contributed by atoms with Crippen molar-refractivity contribution in [2.45, 2.75) is 26.7 Å². The number of anilines is 1.